The SMILES string of the molecule is CC1(N(C(=O)O)c2cc(CCC(=O)N[C@H]3CC[C@H](CNC[C@H](O)c4ccc(O)c5[nH]c(=O)ccc45)CC3)ccc2-c2ccccc2)CCC(N)CC1. The summed E-state index contributed by atoms with van der Waals surface area (Å²) in [7, 11) is 0. The third-order valence-electron chi connectivity index (χ3n) is 11.1. The Labute approximate surface area is 304 Å². The first kappa shape index (κ1) is 37.1. The number of hydrogen-bond donors (Lipinski definition) is 7. The van der Waals surface area contributed by atoms with E-state index in [1.807, 2.05) is 55.5 Å². The first-order valence-electron chi connectivity index (χ1n) is 18.5. The number of anilines is 1. The number of carbonyl (C=O) groups is 2. The number of rotatable bonds is 12. The Morgan fingerprint density at radius 3 is 2.42 bits per heavy atom. The molecule has 11 heteroatoms. The molecule has 276 valence electrons. The van der Waals surface area contributed by atoms with Gasteiger partial charge in [0.15, 0.2) is 0 Å². The highest BCUT2D eigenvalue weighted by Crippen LogP contribution is 2.41. The number of aromatic amines is 1. The highest BCUT2D eigenvalue weighted by molar-refractivity contribution is 5.94. The number of aromatic hydroxyl groups is 1. The van der Waals surface area contributed by atoms with Crippen LogP contribution in [0.3, 0.4) is 0 Å². The molecule has 0 radical (unpaired) electrons. The van der Waals surface area contributed by atoms with Gasteiger partial charge in [-0.1, -0.05) is 48.5 Å². The fraction of sp³-hybridized carbons (Fsp3) is 0.439. The highest BCUT2D eigenvalue weighted by atomic mass is 16.4. The smallest absolute Gasteiger partial charge is 0.412 e. The molecule has 1 atom stereocenters. The molecule has 0 saturated heterocycles. The second kappa shape index (κ2) is 16.3. The van der Waals surface area contributed by atoms with Crippen molar-refractivity contribution in [2.24, 2.45) is 11.7 Å². The minimum atomic E-state index is -0.989. The number of phenols is 1. The molecule has 2 fully saturated rings. The largest absolute Gasteiger partial charge is 0.506 e. The Balaban J connectivity index is 1.01. The summed E-state index contributed by atoms with van der Waals surface area (Å²) in [5.41, 5.74) is 9.59. The summed E-state index contributed by atoms with van der Waals surface area (Å²) in [6.07, 6.45) is 5.58. The molecular formula is C41H51N5O6. The van der Waals surface area contributed by atoms with E-state index in [9.17, 15) is 29.7 Å². The normalized spacial score (nSPS) is 22.5. The minimum Gasteiger partial charge on any atom is -0.506 e. The molecule has 1 aromatic heterocycles. The number of H-pyrrole nitrogens is 1. The standard InChI is InChI=1S/C41H51N5O6/c1-41(21-19-29(42)20-22-41)46(40(51)52)34-23-26(9-13-31(34)28-5-3-2-4-6-28)10-17-37(49)44-30-11-7-27(8-12-30)24-43-25-36(48)32-14-16-35(47)39-33(32)15-18-38(50)45-39/h2-6,9,13-16,18,23,27,29-30,36,43,47-48H,7-8,10-12,17,19-22,24-25,42H2,1H3,(H,44,49)(H,45,50)(H,51,52)/t27-,29?,30-,36-,41?/m0/s1. The maximum Gasteiger partial charge on any atom is 0.412 e. The summed E-state index contributed by atoms with van der Waals surface area (Å²) in [6.45, 7) is 3.09. The Kier molecular flexibility index (Phi) is 11.6. The number of carboxylic acid groups (broad SMARTS) is 1. The quantitative estimate of drug-likeness (QED) is 0.0939. The lowest BCUT2D eigenvalue weighted by Gasteiger charge is -2.44. The van der Waals surface area contributed by atoms with Crippen molar-refractivity contribution in [2.45, 2.75) is 94.9 Å². The number of pyridine rings is 1. The summed E-state index contributed by atoms with van der Waals surface area (Å²) in [5.74, 6) is 0.378. The number of nitrogens with one attached hydrogen (secondary N) is 3. The van der Waals surface area contributed by atoms with Crippen molar-refractivity contribution >= 4 is 28.6 Å². The average Bonchev–Trinajstić information content (AvgIpc) is 3.13. The number of hydrogen-bond acceptors (Lipinski definition) is 7. The number of nitrogens with two attached hydrogens (primary N) is 1. The van der Waals surface area contributed by atoms with Crippen LogP contribution in [0.4, 0.5) is 10.5 Å². The van der Waals surface area contributed by atoms with Gasteiger partial charge in [-0.25, -0.2) is 4.79 Å². The minimum absolute atomic E-state index is 0.0100. The predicted octanol–water partition coefficient (Wildman–Crippen LogP) is 5.98. The van der Waals surface area contributed by atoms with Crippen molar-refractivity contribution in [3.05, 3.63) is 94.3 Å². The monoisotopic (exact) mass is 709 g/mol. The van der Waals surface area contributed by atoms with Gasteiger partial charge in [0.25, 0.3) is 0 Å². The van der Waals surface area contributed by atoms with Crippen LogP contribution in [0.2, 0.25) is 0 Å². The van der Waals surface area contributed by atoms with Crippen molar-refractivity contribution in [2.75, 3.05) is 18.0 Å². The van der Waals surface area contributed by atoms with E-state index in [2.05, 4.69) is 15.6 Å². The summed E-state index contributed by atoms with van der Waals surface area (Å²) in [4.78, 5) is 41.9. The van der Waals surface area contributed by atoms with Crippen molar-refractivity contribution in [1.29, 1.82) is 0 Å². The number of phenolic OH excluding ortho intramolecular Hbond substituents is 1. The Morgan fingerprint density at radius 1 is 0.981 bits per heavy atom. The van der Waals surface area contributed by atoms with E-state index in [1.54, 1.807) is 12.1 Å². The number of aliphatic hydroxyl groups excluding tert-OH is 1. The summed E-state index contributed by atoms with van der Waals surface area (Å²) in [5, 5.41) is 38.8. The zero-order valence-corrected chi connectivity index (χ0v) is 29.8. The van der Waals surface area contributed by atoms with Crippen molar-refractivity contribution in [1.82, 2.24) is 15.6 Å². The maximum atomic E-state index is 13.1. The van der Waals surface area contributed by atoms with Gasteiger partial charge in [0.1, 0.15) is 5.75 Å². The fourth-order valence-corrected chi connectivity index (χ4v) is 8.04. The lowest BCUT2D eigenvalue weighted by molar-refractivity contribution is -0.122. The molecule has 2 saturated carbocycles. The zero-order chi connectivity index (χ0) is 36.8. The van der Waals surface area contributed by atoms with Gasteiger partial charge < -0.3 is 36.7 Å². The molecule has 8 N–H and O–H groups in total. The number of nitrogens with zero attached hydrogens (tertiary/aromatic N) is 1. The van der Waals surface area contributed by atoms with Gasteiger partial charge in [0, 0.05) is 47.6 Å². The van der Waals surface area contributed by atoms with Crippen LogP contribution in [-0.4, -0.2) is 63.0 Å². The molecule has 2 amide bonds. The van der Waals surface area contributed by atoms with E-state index < -0.39 is 17.7 Å². The summed E-state index contributed by atoms with van der Waals surface area (Å²) in [6, 6.07) is 22.1. The van der Waals surface area contributed by atoms with Crippen molar-refractivity contribution < 1.29 is 24.9 Å². The molecule has 6 rings (SSSR count). The number of aliphatic hydroxyl groups is 1. The van der Waals surface area contributed by atoms with Gasteiger partial charge in [-0.2, -0.15) is 0 Å². The third kappa shape index (κ3) is 8.66. The first-order valence-corrected chi connectivity index (χ1v) is 18.5. The second-order valence-corrected chi connectivity index (χ2v) is 14.9. The van der Waals surface area contributed by atoms with Crippen LogP contribution in [-0.2, 0) is 11.2 Å². The van der Waals surface area contributed by atoms with E-state index >= 15 is 0 Å². The molecule has 0 spiro atoms. The van der Waals surface area contributed by atoms with Crippen LogP contribution in [0.15, 0.2) is 77.6 Å². The Hall–Kier alpha value is -4.71. The lowest BCUT2D eigenvalue weighted by Crippen LogP contribution is -2.53. The summed E-state index contributed by atoms with van der Waals surface area (Å²) >= 11 is 0. The molecule has 3 aromatic carbocycles. The first-order chi connectivity index (χ1) is 25.0. The van der Waals surface area contributed by atoms with E-state index in [-0.39, 0.29) is 29.3 Å². The van der Waals surface area contributed by atoms with Gasteiger partial charge in [-0.15, -0.1) is 0 Å². The van der Waals surface area contributed by atoms with Gasteiger partial charge in [-0.05, 0) is 112 Å². The van der Waals surface area contributed by atoms with Gasteiger partial charge in [-0.3, -0.25) is 14.5 Å². The topological polar surface area (TPSA) is 181 Å². The molecule has 1 heterocycles. The molecule has 4 aromatic rings. The van der Waals surface area contributed by atoms with Crippen LogP contribution in [0.25, 0.3) is 22.0 Å². The molecule has 52 heavy (non-hydrogen) atoms. The van der Waals surface area contributed by atoms with Crippen LogP contribution in [0.1, 0.15) is 81.9 Å². The van der Waals surface area contributed by atoms with Gasteiger partial charge >= 0.3 is 6.09 Å². The number of aromatic nitrogens is 1. The molecule has 0 unspecified atom stereocenters. The molecule has 11 nitrogen and oxygen atoms in total. The van der Waals surface area contributed by atoms with Crippen molar-refractivity contribution in [3.63, 3.8) is 0 Å². The summed E-state index contributed by atoms with van der Waals surface area (Å²) < 4.78 is 0. The average molecular weight is 710 g/mol. The number of benzene rings is 3. The van der Waals surface area contributed by atoms with Crippen LogP contribution in [0, 0.1) is 5.92 Å². The van der Waals surface area contributed by atoms with Gasteiger partial charge in [0.2, 0.25) is 11.5 Å². The lowest BCUT2D eigenvalue weighted by atomic mass is 9.79. The van der Waals surface area contributed by atoms with Crippen LogP contribution >= 0.6 is 0 Å². The molecule has 2 aliphatic carbocycles. The van der Waals surface area contributed by atoms with E-state index in [1.165, 1.54) is 17.0 Å². The molecule has 0 bridgehead atoms. The second-order valence-electron chi connectivity index (χ2n) is 14.9. The van der Waals surface area contributed by atoms with E-state index in [0.29, 0.717) is 60.3 Å². The van der Waals surface area contributed by atoms with Crippen LogP contribution in [0.5, 0.6) is 5.75 Å². The number of amides is 2. The zero-order valence-electron chi connectivity index (χ0n) is 29.8. The number of fused-ring (bicyclic) bond motifs is 1. The number of carbonyl (C=O) groups excluding carboxylic acids is 1. The Bertz CT molecular complexity index is 1910. The maximum absolute atomic E-state index is 13.1. The highest BCUT2D eigenvalue weighted by Gasteiger charge is 2.40. The molecular weight excluding hydrogens is 658 g/mol. The predicted molar refractivity (Wildman–Crippen MR) is 204 cm³/mol. The van der Waals surface area contributed by atoms with Gasteiger partial charge in [0.05, 0.1) is 17.3 Å². The third-order valence-corrected chi connectivity index (χ3v) is 11.1. The van der Waals surface area contributed by atoms with Crippen LogP contribution < -0.4 is 26.8 Å². The van der Waals surface area contributed by atoms with Crippen molar-refractivity contribution in [3.8, 4) is 16.9 Å². The molecule has 0 aliphatic heterocycles. The Morgan fingerprint density at radius 2 is 1.71 bits per heavy atom. The van der Waals surface area contributed by atoms with E-state index in [4.69, 9.17) is 5.73 Å². The number of aryl methyl sites for hydroxylation is 1. The van der Waals surface area contributed by atoms with E-state index in [0.717, 1.165) is 61.8 Å². The fourth-order valence-electron chi connectivity index (χ4n) is 8.04. The molecule has 2 aliphatic rings.